The molecule has 0 aromatic carbocycles. The number of nitrogens with one attached hydrogen (secondary N) is 1. The van der Waals surface area contributed by atoms with Crippen LogP contribution in [0.4, 0.5) is 0 Å². The molecular weight excluding hydrogens is 252 g/mol. The monoisotopic (exact) mass is 282 g/mol. The second-order valence-corrected chi connectivity index (χ2v) is 6.78. The summed E-state index contributed by atoms with van der Waals surface area (Å²) in [7, 11) is 1.81. The van der Waals surface area contributed by atoms with Crippen molar-refractivity contribution in [2.24, 2.45) is 11.7 Å². The summed E-state index contributed by atoms with van der Waals surface area (Å²) in [6.07, 6.45) is 3.62. The Balaban J connectivity index is 1.78. The molecule has 1 saturated heterocycles. The molecular formula is C15H30N4O. The lowest BCUT2D eigenvalue weighted by molar-refractivity contribution is -0.124. The number of likely N-dealkylation sites (N-methyl/N-ethyl adjacent to an activating group) is 1. The van der Waals surface area contributed by atoms with Crippen LogP contribution < -0.4 is 11.1 Å². The molecule has 5 nitrogen and oxygen atoms in total. The summed E-state index contributed by atoms with van der Waals surface area (Å²) >= 11 is 0. The number of rotatable bonds is 7. The largest absolute Gasteiger partial charge is 0.368 e. The Labute approximate surface area is 122 Å². The molecule has 0 aromatic rings. The molecule has 1 aliphatic carbocycles. The quantitative estimate of drug-likeness (QED) is 0.703. The lowest BCUT2D eigenvalue weighted by atomic mass is 9.92. The fraction of sp³-hybridized carbons (Fsp3) is 0.933. The first kappa shape index (κ1) is 15.7. The van der Waals surface area contributed by atoms with Crippen molar-refractivity contribution in [3.63, 3.8) is 0 Å². The minimum Gasteiger partial charge on any atom is -0.368 e. The summed E-state index contributed by atoms with van der Waals surface area (Å²) in [6.45, 7) is 9.92. The molecule has 1 aliphatic heterocycles. The second-order valence-electron chi connectivity index (χ2n) is 6.78. The minimum atomic E-state index is -0.607. The molecule has 0 aromatic heterocycles. The summed E-state index contributed by atoms with van der Waals surface area (Å²) in [4.78, 5) is 16.7. The number of piperazine rings is 1. The molecule has 2 fully saturated rings. The molecule has 2 aliphatic rings. The number of hydrogen-bond donors (Lipinski definition) is 2. The van der Waals surface area contributed by atoms with E-state index in [1.807, 2.05) is 14.0 Å². The minimum absolute atomic E-state index is 0.265. The van der Waals surface area contributed by atoms with Crippen molar-refractivity contribution in [2.75, 3.05) is 39.8 Å². The van der Waals surface area contributed by atoms with E-state index in [2.05, 4.69) is 22.0 Å². The molecule has 2 atom stereocenters. The normalized spacial score (nSPS) is 26.1. The molecule has 2 unspecified atom stereocenters. The van der Waals surface area contributed by atoms with Crippen LogP contribution in [-0.4, -0.2) is 67.1 Å². The van der Waals surface area contributed by atoms with Gasteiger partial charge in [-0.05, 0) is 46.1 Å². The average molecular weight is 282 g/mol. The second kappa shape index (κ2) is 6.41. The Bertz CT molecular complexity index is 337. The molecule has 0 spiro atoms. The van der Waals surface area contributed by atoms with E-state index in [1.165, 1.54) is 19.4 Å². The van der Waals surface area contributed by atoms with E-state index >= 15 is 0 Å². The van der Waals surface area contributed by atoms with Crippen molar-refractivity contribution < 1.29 is 4.79 Å². The molecule has 20 heavy (non-hydrogen) atoms. The molecule has 0 bridgehead atoms. The standard InChI is InChI=1S/C15H30N4O/c1-12(10-15(2,17-3)14(16)20)19-8-6-18(7-9-19)11-13-4-5-13/h12-13,17H,4-11H2,1-3H3,(H2,16,20). The van der Waals surface area contributed by atoms with Gasteiger partial charge in [-0.3, -0.25) is 9.69 Å². The maximum Gasteiger partial charge on any atom is 0.237 e. The van der Waals surface area contributed by atoms with Crippen LogP contribution in [0.25, 0.3) is 0 Å². The highest BCUT2D eigenvalue weighted by molar-refractivity contribution is 5.84. The highest BCUT2D eigenvalue weighted by atomic mass is 16.1. The van der Waals surface area contributed by atoms with Crippen molar-refractivity contribution in [1.29, 1.82) is 0 Å². The molecule has 0 radical (unpaired) electrons. The maximum absolute atomic E-state index is 11.6. The van der Waals surface area contributed by atoms with Crippen LogP contribution in [0.2, 0.25) is 0 Å². The van der Waals surface area contributed by atoms with Gasteiger partial charge in [0.05, 0.1) is 5.54 Å². The van der Waals surface area contributed by atoms with Crippen molar-refractivity contribution >= 4 is 5.91 Å². The topological polar surface area (TPSA) is 61.6 Å². The molecule has 116 valence electrons. The lowest BCUT2D eigenvalue weighted by Gasteiger charge is -2.40. The van der Waals surface area contributed by atoms with Gasteiger partial charge in [-0.15, -0.1) is 0 Å². The predicted octanol–water partition coefficient (Wildman–Crippen LogP) is 0.256. The van der Waals surface area contributed by atoms with E-state index in [0.29, 0.717) is 6.04 Å². The van der Waals surface area contributed by atoms with Gasteiger partial charge in [-0.25, -0.2) is 0 Å². The smallest absolute Gasteiger partial charge is 0.237 e. The number of carbonyl (C=O) groups is 1. The van der Waals surface area contributed by atoms with Gasteiger partial charge in [-0.2, -0.15) is 0 Å². The SMILES string of the molecule is CNC(C)(CC(C)N1CCN(CC2CC2)CC1)C(N)=O. The van der Waals surface area contributed by atoms with E-state index in [0.717, 1.165) is 38.5 Å². The molecule has 5 heteroatoms. The van der Waals surface area contributed by atoms with Crippen LogP contribution in [0.15, 0.2) is 0 Å². The van der Waals surface area contributed by atoms with Crippen LogP contribution in [0.3, 0.4) is 0 Å². The van der Waals surface area contributed by atoms with Crippen LogP contribution in [0.5, 0.6) is 0 Å². The van der Waals surface area contributed by atoms with E-state index in [9.17, 15) is 4.79 Å². The third kappa shape index (κ3) is 3.93. The number of primary amides is 1. The van der Waals surface area contributed by atoms with Crippen LogP contribution in [0.1, 0.15) is 33.1 Å². The molecule has 2 rings (SSSR count). The van der Waals surface area contributed by atoms with Crippen molar-refractivity contribution in [2.45, 2.75) is 44.7 Å². The van der Waals surface area contributed by atoms with Gasteiger partial charge in [0, 0.05) is 38.8 Å². The first-order valence-electron chi connectivity index (χ1n) is 7.90. The Morgan fingerprint density at radius 2 is 1.95 bits per heavy atom. The average Bonchev–Trinajstić information content (AvgIpc) is 3.23. The van der Waals surface area contributed by atoms with Gasteiger partial charge < -0.3 is 16.0 Å². The van der Waals surface area contributed by atoms with E-state index in [-0.39, 0.29) is 5.91 Å². The summed E-state index contributed by atoms with van der Waals surface area (Å²) in [5.74, 6) is 0.709. The molecule has 1 heterocycles. The van der Waals surface area contributed by atoms with Gasteiger partial charge in [0.2, 0.25) is 5.91 Å². The maximum atomic E-state index is 11.6. The van der Waals surface area contributed by atoms with Crippen molar-refractivity contribution in [1.82, 2.24) is 15.1 Å². The van der Waals surface area contributed by atoms with E-state index < -0.39 is 5.54 Å². The Hall–Kier alpha value is -0.650. The van der Waals surface area contributed by atoms with Gasteiger partial charge >= 0.3 is 0 Å². The Kier molecular flexibility index (Phi) is 5.04. The zero-order valence-corrected chi connectivity index (χ0v) is 13.2. The van der Waals surface area contributed by atoms with Gasteiger partial charge in [0.15, 0.2) is 0 Å². The molecule has 3 N–H and O–H groups in total. The van der Waals surface area contributed by atoms with Gasteiger partial charge in [-0.1, -0.05) is 0 Å². The summed E-state index contributed by atoms with van der Waals surface area (Å²) in [6, 6.07) is 0.378. The number of hydrogen-bond acceptors (Lipinski definition) is 4. The van der Waals surface area contributed by atoms with Crippen molar-refractivity contribution in [3.8, 4) is 0 Å². The van der Waals surface area contributed by atoms with Crippen LogP contribution in [0, 0.1) is 5.92 Å². The molecule has 1 saturated carbocycles. The van der Waals surface area contributed by atoms with E-state index in [4.69, 9.17) is 5.73 Å². The predicted molar refractivity (Wildman–Crippen MR) is 81.5 cm³/mol. The number of nitrogens with zero attached hydrogens (tertiary/aromatic N) is 2. The first-order chi connectivity index (χ1) is 9.44. The third-order valence-corrected chi connectivity index (χ3v) is 5.04. The number of nitrogens with two attached hydrogens (primary N) is 1. The number of amides is 1. The number of carbonyl (C=O) groups excluding carboxylic acids is 1. The van der Waals surface area contributed by atoms with E-state index in [1.54, 1.807) is 0 Å². The summed E-state index contributed by atoms with van der Waals surface area (Å²) in [5, 5.41) is 3.08. The molecule has 1 amide bonds. The first-order valence-corrected chi connectivity index (χ1v) is 7.90. The fourth-order valence-corrected chi connectivity index (χ4v) is 3.10. The Morgan fingerprint density at radius 1 is 1.35 bits per heavy atom. The summed E-state index contributed by atoms with van der Waals surface area (Å²) in [5.41, 5.74) is 4.91. The zero-order valence-electron chi connectivity index (χ0n) is 13.2. The van der Waals surface area contributed by atoms with Crippen molar-refractivity contribution in [3.05, 3.63) is 0 Å². The lowest BCUT2D eigenvalue weighted by Crippen LogP contribution is -2.57. The Morgan fingerprint density at radius 3 is 2.40 bits per heavy atom. The third-order valence-electron chi connectivity index (χ3n) is 5.04. The zero-order chi connectivity index (χ0) is 14.8. The highest BCUT2D eigenvalue weighted by Crippen LogP contribution is 2.30. The van der Waals surface area contributed by atoms with Crippen LogP contribution >= 0.6 is 0 Å². The van der Waals surface area contributed by atoms with Crippen LogP contribution in [-0.2, 0) is 4.79 Å². The highest BCUT2D eigenvalue weighted by Gasteiger charge is 2.34. The van der Waals surface area contributed by atoms with Gasteiger partial charge in [0.25, 0.3) is 0 Å². The van der Waals surface area contributed by atoms with Gasteiger partial charge in [0.1, 0.15) is 0 Å². The summed E-state index contributed by atoms with van der Waals surface area (Å²) < 4.78 is 0. The fourth-order valence-electron chi connectivity index (χ4n) is 3.10.